The fraction of sp³-hybridized carbons (Fsp3) is 0.700. The van der Waals surface area contributed by atoms with Crippen LogP contribution < -0.4 is 0 Å². The molecule has 1 unspecified atom stereocenters. The number of hydrogen-bond acceptors (Lipinski definition) is 4. The van der Waals surface area contributed by atoms with Crippen LogP contribution in [0.5, 0.6) is 0 Å². The van der Waals surface area contributed by atoms with E-state index < -0.39 is 5.67 Å². The summed E-state index contributed by atoms with van der Waals surface area (Å²) in [7, 11) is 0. The molecular weight excluding hydrogens is 365 g/mol. The predicted molar refractivity (Wildman–Crippen MR) is 103 cm³/mol. The molecule has 0 radical (unpaired) electrons. The number of halogens is 1. The highest BCUT2D eigenvalue weighted by Gasteiger charge is 2.50. The van der Waals surface area contributed by atoms with E-state index in [1.165, 1.54) is 5.56 Å². The van der Waals surface area contributed by atoms with Crippen molar-refractivity contribution in [1.29, 1.82) is 0 Å². The van der Waals surface area contributed by atoms with Crippen molar-refractivity contribution in [3.63, 3.8) is 0 Å². The van der Waals surface area contributed by atoms with Gasteiger partial charge in [0.1, 0.15) is 0 Å². The Kier molecular flexibility index (Phi) is 5.01. The van der Waals surface area contributed by atoms with Crippen LogP contribution in [0.15, 0.2) is 16.8 Å². The summed E-state index contributed by atoms with van der Waals surface area (Å²) in [5.41, 5.74) is -0.534. The SMILES string of the molecule is CC(=O)N1CCC2(CN(Cc3ccsc3)CCN(C(=O)C3(F)CCC3)C2)C1. The van der Waals surface area contributed by atoms with Crippen LogP contribution in [0.1, 0.15) is 38.2 Å². The average Bonchev–Trinajstić information content (AvgIpc) is 3.21. The highest BCUT2D eigenvalue weighted by atomic mass is 32.1. The molecule has 0 bridgehead atoms. The number of amides is 2. The number of likely N-dealkylation sites (tertiary alicyclic amines) is 1. The molecule has 148 valence electrons. The minimum atomic E-state index is -1.65. The topological polar surface area (TPSA) is 43.9 Å². The lowest BCUT2D eigenvalue weighted by atomic mass is 9.80. The average molecular weight is 394 g/mol. The van der Waals surface area contributed by atoms with Gasteiger partial charge in [-0.15, -0.1) is 0 Å². The zero-order valence-corrected chi connectivity index (χ0v) is 16.8. The van der Waals surface area contributed by atoms with Crippen LogP contribution in [-0.2, 0) is 16.1 Å². The largest absolute Gasteiger partial charge is 0.342 e. The zero-order chi connectivity index (χ0) is 19.1. The lowest BCUT2D eigenvalue weighted by Crippen LogP contribution is -2.53. The van der Waals surface area contributed by atoms with E-state index in [1.54, 1.807) is 23.2 Å². The van der Waals surface area contributed by atoms with Crippen molar-refractivity contribution in [3.05, 3.63) is 22.4 Å². The molecule has 2 saturated heterocycles. The Morgan fingerprint density at radius 2 is 1.89 bits per heavy atom. The second-order valence-electron chi connectivity index (χ2n) is 8.58. The van der Waals surface area contributed by atoms with Crippen molar-refractivity contribution in [1.82, 2.24) is 14.7 Å². The molecule has 0 N–H and O–H groups in total. The van der Waals surface area contributed by atoms with Gasteiger partial charge in [0, 0.05) is 58.2 Å². The molecule has 3 aliphatic rings. The summed E-state index contributed by atoms with van der Waals surface area (Å²) in [6.07, 6.45) is 2.38. The van der Waals surface area contributed by atoms with Gasteiger partial charge in [-0.1, -0.05) is 0 Å². The maximum atomic E-state index is 14.8. The quantitative estimate of drug-likeness (QED) is 0.793. The number of thiophene rings is 1. The van der Waals surface area contributed by atoms with Crippen molar-refractivity contribution in [2.75, 3.05) is 39.3 Å². The lowest BCUT2D eigenvalue weighted by molar-refractivity contribution is -0.151. The van der Waals surface area contributed by atoms with Gasteiger partial charge < -0.3 is 9.80 Å². The Hall–Kier alpha value is -1.47. The van der Waals surface area contributed by atoms with Gasteiger partial charge >= 0.3 is 0 Å². The standard InChI is InChI=1S/C20H28FN3O2S/c1-16(25)23-7-6-19(14-23)13-22(11-17-3-10-27-12-17)8-9-24(15-19)18(26)20(21)4-2-5-20/h3,10,12H,2,4-9,11,13-15H2,1H3. The molecule has 3 heterocycles. The Morgan fingerprint density at radius 3 is 2.48 bits per heavy atom. The van der Waals surface area contributed by atoms with E-state index in [1.807, 2.05) is 4.90 Å². The van der Waals surface area contributed by atoms with Crippen LogP contribution >= 0.6 is 11.3 Å². The van der Waals surface area contributed by atoms with Crippen molar-refractivity contribution in [2.45, 2.75) is 44.8 Å². The number of alkyl halides is 1. The molecule has 2 amide bonds. The fourth-order valence-corrected chi connectivity index (χ4v) is 5.40. The smallest absolute Gasteiger partial charge is 0.260 e. The number of carbonyl (C=O) groups is 2. The summed E-state index contributed by atoms with van der Waals surface area (Å²) >= 11 is 1.69. The summed E-state index contributed by atoms with van der Waals surface area (Å²) in [5.74, 6) is -0.244. The van der Waals surface area contributed by atoms with E-state index in [9.17, 15) is 14.0 Å². The van der Waals surface area contributed by atoms with Crippen molar-refractivity contribution in [3.8, 4) is 0 Å². The molecule has 27 heavy (non-hydrogen) atoms. The maximum absolute atomic E-state index is 14.8. The Bertz CT molecular complexity index is 706. The zero-order valence-electron chi connectivity index (χ0n) is 16.0. The summed E-state index contributed by atoms with van der Waals surface area (Å²) in [6.45, 7) is 6.55. The lowest BCUT2D eigenvalue weighted by Gasteiger charge is -2.39. The molecule has 0 aromatic carbocycles. The van der Waals surface area contributed by atoms with Crippen molar-refractivity contribution >= 4 is 23.2 Å². The summed E-state index contributed by atoms with van der Waals surface area (Å²) in [4.78, 5) is 30.8. The molecule has 1 aliphatic carbocycles. The molecule has 1 spiro atoms. The van der Waals surface area contributed by atoms with E-state index in [0.29, 0.717) is 32.5 Å². The number of nitrogens with zero attached hydrogens (tertiary/aromatic N) is 3. The van der Waals surface area contributed by atoms with Crippen molar-refractivity contribution < 1.29 is 14.0 Å². The van der Waals surface area contributed by atoms with Gasteiger partial charge in [-0.3, -0.25) is 14.5 Å². The molecule has 1 saturated carbocycles. The molecule has 1 aromatic heterocycles. The monoisotopic (exact) mass is 393 g/mol. The van der Waals surface area contributed by atoms with Crippen LogP contribution in [-0.4, -0.2) is 71.5 Å². The molecule has 7 heteroatoms. The van der Waals surface area contributed by atoms with E-state index in [4.69, 9.17) is 0 Å². The van der Waals surface area contributed by atoms with Crippen molar-refractivity contribution in [2.24, 2.45) is 5.41 Å². The first-order valence-corrected chi connectivity index (χ1v) is 10.8. The number of hydrogen-bond donors (Lipinski definition) is 0. The van der Waals surface area contributed by atoms with Crippen LogP contribution in [0, 0.1) is 5.41 Å². The van der Waals surface area contributed by atoms with Crippen LogP contribution in [0.25, 0.3) is 0 Å². The number of rotatable bonds is 3. The second kappa shape index (κ2) is 7.17. The first kappa shape index (κ1) is 18.9. The first-order chi connectivity index (χ1) is 12.9. The minimum Gasteiger partial charge on any atom is -0.342 e. The van der Waals surface area contributed by atoms with E-state index >= 15 is 0 Å². The van der Waals surface area contributed by atoms with Crippen LogP contribution in [0.2, 0.25) is 0 Å². The molecule has 3 fully saturated rings. The highest BCUT2D eigenvalue weighted by Crippen LogP contribution is 2.40. The number of carbonyl (C=O) groups excluding carboxylic acids is 2. The van der Waals surface area contributed by atoms with Gasteiger partial charge in [0.15, 0.2) is 5.67 Å². The molecular formula is C20H28FN3O2S. The third kappa shape index (κ3) is 3.76. The molecule has 1 aromatic rings. The molecule has 1 atom stereocenters. The fourth-order valence-electron chi connectivity index (χ4n) is 4.75. The molecule has 2 aliphatic heterocycles. The van der Waals surface area contributed by atoms with E-state index in [-0.39, 0.29) is 17.2 Å². The minimum absolute atomic E-state index is 0.0827. The Balaban J connectivity index is 1.54. The van der Waals surface area contributed by atoms with Gasteiger partial charge in [-0.2, -0.15) is 11.3 Å². The van der Waals surface area contributed by atoms with Gasteiger partial charge in [-0.25, -0.2) is 4.39 Å². The van der Waals surface area contributed by atoms with Crippen LogP contribution in [0.4, 0.5) is 4.39 Å². The van der Waals surface area contributed by atoms with Gasteiger partial charge in [0.05, 0.1) is 0 Å². The van der Waals surface area contributed by atoms with Gasteiger partial charge in [0.25, 0.3) is 5.91 Å². The Labute approximate surface area is 164 Å². The highest BCUT2D eigenvalue weighted by molar-refractivity contribution is 7.07. The summed E-state index contributed by atoms with van der Waals surface area (Å²) < 4.78 is 14.8. The summed E-state index contributed by atoms with van der Waals surface area (Å²) in [5, 5.41) is 4.23. The van der Waals surface area contributed by atoms with Crippen LogP contribution in [0.3, 0.4) is 0 Å². The third-order valence-electron chi connectivity index (χ3n) is 6.46. The molecule has 5 nitrogen and oxygen atoms in total. The predicted octanol–water partition coefficient (Wildman–Crippen LogP) is 2.52. The van der Waals surface area contributed by atoms with E-state index in [2.05, 4.69) is 21.7 Å². The normalized spacial score (nSPS) is 28.2. The third-order valence-corrected chi connectivity index (χ3v) is 7.19. The second-order valence-corrected chi connectivity index (χ2v) is 9.36. The first-order valence-electron chi connectivity index (χ1n) is 9.87. The molecule has 4 rings (SSSR count). The summed E-state index contributed by atoms with van der Waals surface area (Å²) in [6, 6.07) is 2.13. The van der Waals surface area contributed by atoms with Gasteiger partial charge in [-0.05, 0) is 48.1 Å². The maximum Gasteiger partial charge on any atom is 0.260 e. The van der Waals surface area contributed by atoms with Gasteiger partial charge in [0.2, 0.25) is 5.91 Å². The Morgan fingerprint density at radius 1 is 1.11 bits per heavy atom. The van der Waals surface area contributed by atoms with E-state index in [0.717, 1.165) is 39.0 Å².